The van der Waals surface area contributed by atoms with E-state index in [2.05, 4.69) is 33.9 Å². The van der Waals surface area contributed by atoms with Crippen molar-refractivity contribution in [2.75, 3.05) is 0 Å². The zero-order valence-electron chi connectivity index (χ0n) is 13.0. The third-order valence-corrected chi connectivity index (χ3v) is 8.67. The number of carbonyl (C=O) groups excluding carboxylic acids is 1. The zero-order chi connectivity index (χ0) is 15.4. The van der Waals surface area contributed by atoms with E-state index in [4.69, 9.17) is 16.0 Å². The minimum absolute atomic E-state index is 0.0330. The maximum atomic E-state index is 12.1. The lowest BCUT2D eigenvalue weighted by atomic mass is 10.1. The number of aliphatic hydroxyl groups is 1. The molecule has 0 amide bonds. The van der Waals surface area contributed by atoms with Crippen LogP contribution in [0.4, 0.5) is 0 Å². The molecule has 0 bridgehead atoms. The first kappa shape index (κ1) is 18.8. The molecule has 112 valence electrons. The van der Waals surface area contributed by atoms with E-state index in [1.54, 1.807) is 19.9 Å². The lowest BCUT2D eigenvalue weighted by Gasteiger charge is -2.38. The van der Waals surface area contributed by atoms with E-state index in [9.17, 15) is 9.90 Å². The Hall–Kier alpha value is -0.163. The minimum atomic E-state index is -2.01. The molecule has 1 N–H and O–H groups in total. The van der Waals surface area contributed by atoms with Gasteiger partial charge >= 0.3 is 0 Å². The normalized spacial score (nSPS) is 18.4. The van der Waals surface area contributed by atoms with Crippen molar-refractivity contribution in [3.8, 4) is 0 Å². The van der Waals surface area contributed by atoms with Gasteiger partial charge in [0.2, 0.25) is 0 Å². The Labute approximate surface area is 123 Å². The highest BCUT2D eigenvalue weighted by atomic mass is 35.5. The molecule has 0 aliphatic carbocycles. The monoisotopic (exact) mass is 306 g/mol. The molecule has 0 heterocycles. The quantitative estimate of drug-likeness (QED) is 0.464. The van der Waals surface area contributed by atoms with Crippen LogP contribution in [0, 0.1) is 0 Å². The van der Waals surface area contributed by atoms with Gasteiger partial charge in [0.25, 0.3) is 0 Å². The van der Waals surface area contributed by atoms with Crippen LogP contribution in [0.1, 0.15) is 34.6 Å². The average molecular weight is 307 g/mol. The Morgan fingerprint density at radius 2 is 1.84 bits per heavy atom. The summed E-state index contributed by atoms with van der Waals surface area (Å²) in [5, 5.41) is 8.78. The van der Waals surface area contributed by atoms with Crippen molar-refractivity contribution in [3.05, 3.63) is 12.2 Å². The van der Waals surface area contributed by atoms with E-state index in [1.165, 1.54) is 6.08 Å². The van der Waals surface area contributed by atoms with Crippen LogP contribution in [0.2, 0.25) is 18.1 Å². The smallest absolute Gasteiger partial charge is 0.193 e. The fraction of sp³-hybridized carbons (Fsp3) is 0.786. The number of carbonyl (C=O) groups is 1. The Bertz CT molecular complexity index is 334. The topological polar surface area (TPSA) is 46.5 Å². The average Bonchev–Trinajstić information content (AvgIpc) is 2.25. The summed E-state index contributed by atoms with van der Waals surface area (Å²) in [6.07, 6.45) is 1.62. The van der Waals surface area contributed by atoms with Gasteiger partial charge in [-0.2, -0.15) is 0 Å². The SMILES string of the molecule is C/C=C/[C@H](O)[C@@H](Cl)C(=O)[C@H](C)O[Si](C)(C)C(C)(C)C. The molecule has 0 unspecified atom stereocenters. The number of hydrogen-bond acceptors (Lipinski definition) is 3. The first-order chi connectivity index (χ1) is 8.44. The molecule has 0 fully saturated rings. The summed E-state index contributed by atoms with van der Waals surface area (Å²) in [5.74, 6) is -0.267. The van der Waals surface area contributed by atoms with Crippen molar-refractivity contribution in [3.63, 3.8) is 0 Å². The highest BCUT2D eigenvalue weighted by Gasteiger charge is 2.40. The Morgan fingerprint density at radius 3 is 2.21 bits per heavy atom. The number of halogens is 1. The molecular weight excluding hydrogens is 280 g/mol. The molecule has 0 saturated carbocycles. The summed E-state index contributed by atoms with van der Waals surface area (Å²) in [7, 11) is -2.01. The molecule has 5 heteroatoms. The summed E-state index contributed by atoms with van der Waals surface area (Å²) in [4.78, 5) is 12.1. The fourth-order valence-corrected chi connectivity index (χ4v) is 2.98. The zero-order valence-corrected chi connectivity index (χ0v) is 14.8. The van der Waals surface area contributed by atoms with Gasteiger partial charge in [0.15, 0.2) is 14.1 Å². The fourth-order valence-electron chi connectivity index (χ4n) is 1.36. The van der Waals surface area contributed by atoms with Gasteiger partial charge in [-0.15, -0.1) is 11.6 Å². The number of hydrogen-bond donors (Lipinski definition) is 1. The molecule has 0 aromatic rings. The van der Waals surface area contributed by atoms with Crippen LogP contribution in [-0.4, -0.2) is 36.8 Å². The molecule has 3 atom stereocenters. The van der Waals surface area contributed by atoms with Crippen molar-refractivity contribution in [2.24, 2.45) is 0 Å². The predicted octanol–water partition coefficient (Wildman–Crippen LogP) is 3.51. The standard InChI is InChI=1S/C14H27ClO3Si/c1-8-9-11(16)12(15)13(17)10(2)18-19(6,7)14(3,4)5/h8-12,16H,1-7H3/b9-8+/t10-,11-,12+/m0/s1. The molecule has 0 aromatic carbocycles. The maximum Gasteiger partial charge on any atom is 0.193 e. The Kier molecular flexibility index (Phi) is 6.96. The lowest BCUT2D eigenvalue weighted by Crippen LogP contribution is -2.47. The van der Waals surface area contributed by atoms with E-state index in [1.807, 2.05) is 0 Å². The highest BCUT2D eigenvalue weighted by Crippen LogP contribution is 2.37. The van der Waals surface area contributed by atoms with Gasteiger partial charge < -0.3 is 9.53 Å². The number of aliphatic hydroxyl groups excluding tert-OH is 1. The van der Waals surface area contributed by atoms with Crippen molar-refractivity contribution in [1.29, 1.82) is 0 Å². The van der Waals surface area contributed by atoms with Crippen LogP contribution in [-0.2, 0) is 9.22 Å². The highest BCUT2D eigenvalue weighted by molar-refractivity contribution is 6.74. The molecule has 19 heavy (non-hydrogen) atoms. The van der Waals surface area contributed by atoms with Crippen LogP contribution in [0.25, 0.3) is 0 Å². The predicted molar refractivity (Wildman–Crippen MR) is 83.2 cm³/mol. The summed E-state index contributed by atoms with van der Waals surface area (Å²) >= 11 is 5.98. The van der Waals surface area contributed by atoms with Gasteiger partial charge in [-0.1, -0.05) is 32.9 Å². The van der Waals surface area contributed by atoms with Crippen LogP contribution in [0.3, 0.4) is 0 Å². The second-order valence-corrected chi connectivity index (χ2v) is 11.6. The second-order valence-electron chi connectivity index (χ2n) is 6.34. The van der Waals surface area contributed by atoms with Crippen LogP contribution in [0.15, 0.2) is 12.2 Å². The number of ketones is 1. The van der Waals surface area contributed by atoms with Gasteiger partial charge in [-0.05, 0) is 32.0 Å². The number of alkyl halides is 1. The molecule has 0 radical (unpaired) electrons. The van der Waals surface area contributed by atoms with E-state index in [0.717, 1.165) is 0 Å². The summed E-state index contributed by atoms with van der Waals surface area (Å²) in [6, 6.07) is 0. The van der Waals surface area contributed by atoms with E-state index in [-0.39, 0.29) is 10.8 Å². The van der Waals surface area contributed by atoms with E-state index < -0.39 is 25.9 Å². The number of Topliss-reactive ketones (excluding diaryl/α,β-unsaturated/α-hetero) is 1. The van der Waals surface area contributed by atoms with Gasteiger partial charge in [-0.3, -0.25) is 4.79 Å². The Morgan fingerprint density at radius 1 is 1.37 bits per heavy atom. The van der Waals surface area contributed by atoms with E-state index in [0.29, 0.717) is 0 Å². The van der Waals surface area contributed by atoms with Gasteiger partial charge in [-0.25, -0.2) is 0 Å². The van der Waals surface area contributed by atoms with Gasteiger partial charge in [0, 0.05) is 0 Å². The molecule has 3 nitrogen and oxygen atoms in total. The number of rotatable bonds is 6. The van der Waals surface area contributed by atoms with Crippen molar-refractivity contribution in [1.82, 2.24) is 0 Å². The molecule has 0 aromatic heterocycles. The summed E-state index contributed by atoms with van der Waals surface area (Å²) < 4.78 is 5.98. The molecule has 0 aliphatic rings. The first-order valence-electron chi connectivity index (χ1n) is 6.60. The van der Waals surface area contributed by atoms with E-state index >= 15 is 0 Å². The third kappa shape index (κ3) is 5.38. The summed E-state index contributed by atoms with van der Waals surface area (Å²) in [6.45, 7) is 14.0. The van der Waals surface area contributed by atoms with Crippen molar-refractivity contribution >= 4 is 25.7 Å². The Balaban J connectivity index is 4.76. The molecule has 0 rings (SSSR count). The van der Waals surface area contributed by atoms with Crippen LogP contribution in [0.5, 0.6) is 0 Å². The first-order valence-corrected chi connectivity index (χ1v) is 9.95. The van der Waals surface area contributed by atoms with Crippen molar-refractivity contribution < 1.29 is 14.3 Å². The summed E-state index contributed by atoms with van der Waals surface area (Å²) in [5.41, 5.74) is 0. The van der Waals surface area contributed by atoms with Gasteiger partial charge in [0.1, 0.15) is 11.5 Å². The molecule has 0 aliphatic heterocycles. The lowest BCUT2D eigenvalue weighted by molar-refractivity contribution is -0.126. The molecule has 0 saturated heterocycles. The number of allylic oxidation sites excluding steroid dienone is 1. The van der Waals surface area contributed by atoms with Crippen molar-refractivity contribution in [2.45, 2.75) is 70.3 Å². The molecular formula is C14H27ClO3Si. The minimum Gasteiger partial charge on any atom is -0.407 e. The second kappa shape index (κ2) is 7.02. The van der Waals surface area contributed by atoms with Gasteiger partial charge in [0.05, 0.1) is 6.10 Å². The third-order valence-electron chi connectivity index (χ3n) is 3.64. The largest absolute Gasteiger partial charge is 0.407 e. The maximum absolute atomic E-state index is 12.1. The van der Waals surface area contributed by atoms with Crippen LogP contribution >= 0.6 is 11.6 Å². The van der Waals surface area contributed by atoms with Crippen LogP contribution < -0.4 is 0 Å². The molecule has 0 spiro atoms.